The van der Waals surface area contributed by atoms with Crippen molar-refractivity contribution in [3.05, 3.63) is 22.7 Å². The lowest BCUT2D eigenvalue weighted by Crippen LogP contribution is -2.47. The van der Waals surface area contributed by atoms with Crippen molar-refractivity contribution in [3.63, 3.8) is 0 Å². The van der Waals surface area contributed by atoms with Gasteiger partial charge >= 0.3 is 17.8 Å². The van der Waals surface area contributed by atoms with E-state index < -0.39 is 60.7 Å². The maximum atomic E-state index is 16.3. The lowest BCUT2D eigenvalue weighted by Gasteiger charge is -2.31. The molecule has 2 N–H and O–H groups in total. The van der Waals surface area contributed by atoms with Crippen LogP contribution in [0.4, 0.5) is 15.0 Å². The second-order valence-corrected chi connectivity index (χ2v) is 16.5. The Labute approximate surface area is 214 Å². The highest BCUT2D eigenvalue weighted by Gasteiger charge is 2.57. The van der Waals surface area contributed by atoms with Crippen LogP contribution in [0.25, 0.3) is 0 Å². The van der Waals surface area contributed by atoms with Crippen molar-refractivity contribution in [1.29, 1.82) is 0 Å². The third kappa shape index (κ3) is 8.47. The number of hydrogen-bond donors (Lipinski definition) is 2. The predicted octanol–water partition coefficient (Wildman–Crippen LogP) is 2.36. The molecule has 5 atom stereocenters. The summed E-state index contributed by atoms with van der Waals surface area (Å²) >= 11 is 0. The zero-order valence-electron chi connectivity index (χ0n) is 21.9. The fraction of sp³-hybridized carbons (Fsp3) is 0.727. The molecular formula is C22H38FN3O8Si2. The van der Waals surface area contributed by atoms with Crippen LogP contribution in [0.2, 0.25) is 17.1 Å². The van der Waals surface area contributed by atoms with Gasteiger partial charge < -0.3 is 23.4 Å². The van der Waals surface area contributed by atoms with Crippen LogP contribution < -0.4 is 11.0 Å². The summed E-state index contributed by atoms with van der Waals surface area (Å²) in [5, 5.41) is 10.9. The van der Waals surface area contributed by atoms with Crippen LogP contribution in [-0.2, 0) is 23.1 Å². The van der Waals surface area contributed by atoms with E-state index in [0.717, 1.165) is 4.57 Å². The number of alkyl halides is 1. The molecular weight excluding hydrogens is 509 g/mol. The summed E-state index contributed by atoms with van der Waals surface area (Å²) in [5.74, 6) is -1.24. The Morgan fingerprint density at radius 3 is 2.64 bits per heavy atom. The Morgan fingerprint density at radius 2 is 2.08 bits per heavy atom. The smallest absolute Gasteiger partial charge is 0.412 e. The topological polar surface area (TPSA) is 138 Å². The summed E-state index contributed by atoms with van der Waals surface area (Å²) in [5.41, 5.74) is -2.62. The Morgan fingerprint density at radius 1 is 1.42 bits per heavy atom. The first-order valence-electron chi connectivity index (χ1n) is 11.9. The second kappa shape index (κ2) is 12.4. The van der Waals surface area contributed by atoms with E-state index in [-0.39, 0.29) is 36.0 Å². The summed E-state index contributed by atoms with van der Waals surface area (Å²) in [6.07, 6.45) is -2.98. The van der Waals surface area contributed by atoms with E-state index in [2.05, 4.69) is 31.1 Å². The summed E-state index contributed by atoms with van der Waals surface area (Å²) < 4.78 is 40.2. The number of ether oxygens (including phenoxy) is 2. The lowest BCUT2D eigenvalue weighted by molar-refractivity contribution is -0.137. The average molecular weight is 548 g/mol. The van der Waals surface area contributed by atoms with Gasteiger partial charge in [-0.25, -0.2) is 14.0 Å². The second-order valence-electron chi connectivity index (χ2n) is 10.7. The summed E-state index contributed by atoms with van der Waals surface area (Å²) in [6.45, 7) is 13.5. The number of carboxylic acids is 1. The van der Waals surface area contributed by atoms with E-state index >= 15 is 4.39 Å². The van der Waals surface area contributed by atoms with E-state index in [1.807, 2.05) is 20.4 Å². The zero-order valence-corrected chi connectivity index (χ0v) is 24.5. The van der Waals surface area contributed by atoms with Crippen molar-refractivity contribution in [2.45, 2.75) is 89.2 Å². The maximum absolute atomic E-state index is 16.3. The van der Waals surface area contributed by atoms with Crippen LogP contribution >= 0.6 is 0 Å². The van der Waals surface area contributed by atoms with Crippen molar-refractivity contribution >= 4 is 36.7 Å². The fourth-order valence-electron chi connectivity index (χ4n) is 3.46. The van der Waals surface area contributed by atoms with Gasteiger partial charge in [-0.05, 0) is 30.1 Å². The predicted molar refractivity (Wildman–Crippen MR) is 136 cm³/mol. The van der Waals surface area contributed by atoms with Crippen LogP contribution in [0.1, 0.15) is 54.2 Å². The Bertz CT molecular complexity index is 969. The van der Waals surface area contributed by atoms with Crippen molar-refractivity contribution in [2.24, 2.45) is 0 Å². The zero-order chi connectivity index (χ0) is 27.3. The first kappa shape index (κ1) is 30.1. The third-order valence-corrected chi connectivity index (χ3v) is 9.57. The number of aliphatic carboxylic acids is 1. The van der Waals surface area contributed by atoms with Gasteiger partial charge in [-0.1, -0.05) is 34.6 Å². The highest BCUT2D eigenvalue weighted by Crippen LogP contribution is 2.43. The molecule has 1 saturated heterocycles. The Hall–Kier alpha value is -2.14. The van der Waals surface area contributed by atoms with Crippen molar-refractivity contribution in [1.82, 2.24) is 9.55 Å². The molecule has 2 rings (SSSR count). The van der Waals surface area contributed by atoms with Crippen LogP contribution in [0.3, 0.4) is 0 Å². The van der Waals surface area contributed by atoms with Crippen LogP contribution in [0, 0.1) is 0 Å². The van der Waals surface area contributed by atoms with E-state index in [9.17, 15) is 14.4 Å². The number of carbonyl (C=O) groups is 2. The molecule has 1 aromatic rings. The summed E-state index contributed by atoms with van der Waals surface area (Å²) in [6, 6.07) is 1.30. The molecule has 11 nitrogen and oxygen atoms in total. The number of rotatable bonds is 11. The van der Waals surface area contributed by atoms with Crippen LogP contribution in [0.5, 0.6) is 0 Å². The number of aromatic nitrogens is 2. The highest BCUT2D eigenvalue weighted by molar-refractivity contribution is 6.51. The largest absolute Gasteiger partial charge is 0.481 e. The molecule has 204 valence electrons. The van der Waals surface area contributed by atoms with E-state index in [4.69, 9.17) is 23.4 Å². The van der Waals surface area contributed by atoms with Gasteiger partial charge in [-0.2, -0.15) is 4.98 Å². The number of nitrogens with one attached hydrogen (secondary N) is 1. The van der Waals surface area contributed by atoms with Gasteiger partial charge in [-0.15, -0.1) is 0 Å². The van der Waals surface area contributed by atoms with Crippen LogP contribution in [0.15, 0.2) is 17.1 Å². The van der Waals surface area contributed by atoms with E-state index in [0.29, 0.717) is 0 Å². The van der Waals surface area contributed by atoms with Crippen molar-refractivity contribution in [2.75, 3.05) is 18.5 Å². The van der Waals surface area contributed by atoms with E-state index in [1.165, 1.54) is 19.2 Å². The Kier molecular flexibility index (Phi) is 10.4. The van der Waals surface area contributed by atoms with Gasteiger partial charge in [0.2, 0.25) is 0 Å². The van der Waals surface area contributed by atoms with Crippen molar-refractivity contribution in [3.8, 4) is 0 Å². The standard InChI is InChI=1S/C22H38FN3O8Si2/c1-13(2)36(7)34-17-14(12-32-35-21(3,4)5)33-18(22(17,6)23)26-10-8-15(24-19(26)29)25-20(30)31-11-9-16(27)28/h8,10,13-14,17-18,36H,9,11-12,35H2,1-7H3,(H,27,28)(H,24,25,29,30)/t14-,17-,18-,22?,36?/m1/s1. The minimum absolute atomic E-state index is 0.0474. The normalized spacial score (nSPS) is 25.4. The minimum Gasteiger partial charge on any atom is -0.481 e. The van der Waals surface area contributed by atoms with Gasteiger partial charge in [0.1, 0.15) is 24.6 Å². The number of amides is 1. The molecule has 14 heteroatoms. The molecule has 0 spiro atoms. The van der Waals surface area contributed by atoms with Gasteiger partial charge in [0.15, 0.2) is 30.7 Å². The Balaban J connectivity index is 2.21. The minimum atomic E-state index is -2.05. The first-order valence-corrected chi connectivity index (χ1v) is 15.5. The van der Waals surface area contributed by atoms with E-state index in [1.54, 1.807) is 0 Å². The number of anilines is 1. The third-order valence-electron chi connectivity index (χ3n) is 5.66. The van der Waals surface area contributed by atoms with Gasteiger partial charge in [-0.3, -0.25) is 14.7 Å². The number of halogens is 1. The maximum Gasteiger partial charge on any atom is 0.412 e. The SMILES string of the molecule is CC(C)[SiH](C)O[C@@H]1[C@@H](CO[SiH2]C(C)(C)C)O[C@@H](n2ccc(NC(=O)OCCC(=O)O)nc2=O)C1(C)F. The molecule has 0 aromatic carbocycles. The molecule has 1 aliphatic rings. The summed E-state index contributed by atoms with van der Waals surface area (Å²) in [7, 11) is -2.67. The lowest BCUT2D eigenvalue weighted by atomic mass is 9.98. The molecule has 2 heterocycles. The molecule has 0 radical (unpaired) electrons. The van der Waals surface area contributed by atoms with Gasteiger partial charge in [0, 0.05) is 6.20 Å². The molecule has 1 aliphatic heterocycles. The highest BCUT2D eigenvalue weighted by atomic mass is 28.3. The summed E-state index contributed by atoms with van der Waals surface area (Å²) in [4.78, 5) is 38.8. The molecule has 0 saturated carbocycles. The number of carboxylic acid groups (broad SMARTS) is 1. The van der Waals surface area contributed by atoms with Crippen LogP contribution in [-0.4, -0.2) is 76.6 Å². The molecule has 0 aliphatic carbocycles. The molecule has 36 heavy (non-hydrogen) atoms. The quantitative estimate of drug-likeness (QED) is 0.400. The van der Waals surface area contributed by atoms with Crippen molar-refractivity contribution < 1.29 is 37.4 Å². The molecule has 1 amide bonds. The van der Waals surface area contributed by atoms with Gasteiger partial charge in [0.25, 0.3) is 0 Å². The molecule has 0 bridgehead atoms. The molecule has 2 unspecified atom stereocenters. The molecule has 1 fully saturated rings. The number of carbonyl (C=O) groups excluding carboxylic acids is 1. The average Bonchev–Trinajstić information content (AvgIpc) is 2.97. The monoisotopic (exact) mass is 547 g/mol. The first-order chi connectivity index (χ1) is 16.6. The number of hydrogen-bond acceptors (Lipinski definition) is 8. The number of nitrogens with zero attached hydrogens (tertiary/aromatic N) is 2. The van der Waals surface area contributed by atoms with Gasteiger partial charge in [0.05, 0.1) is 13.0 Å². The fourth-order valence-corrected chi connectivity index (χ4v) is 5.64. The molecule has 1 aromatic heterocycles.